The number of rotatable bonds is 4. The number of nitrogens with two attached hydrogens (primary N) is 1. The monoisotopic (exact) mass is 451 g/mol. The van der Waals surface area contributed by atoms with Gasteiger partial charge in [-0.15, -0.1) is 0 Å². The zero-order valence-corrected chi connectivity index (χ0v) is 15.6. The summed E-state index contributed by atoms with van der Waals surface area (Å²) >= 11 is 1.98. The standard InChI is InChI=1S/C14H18IN3O6/c1-6(19)21-4-7-9-10(24-14(2,3)23-9)13(22-7)18-5-17-8(11(18)15)12(16)20/h5,7,9-10,13H,4H2,1-3H3,(H2,16,20)/t7-,9-,10-,13-/m1/s1. The molecular formula is C14H18IN3O6. The van der Waals surface area contributed by atoms with Crippen LogP contribution in [0.3, 0.4) is 0 Å². The predicted molar refractivity (Wildman–Crippen MR) is 87.8 cm³/mol. The normalized spacial score (nSPS) is 31.0. The molecule has 0 aliphatic carbocycles. The molecule has 3 rings (SSSR count). The molecule has 9 nitrogen and oxygen atoms in total. The smallest absolute Gasteiger partial charge is 0.302 e. The van der Waals surface area contributed by atoms with Gasteiger partial charge in [0, 0.05) is 6.92 Å². The number of hydrogen-bond donors (Lipinski definition) is 1. The first-order chi connectivity index (χ1) is 11.2. The van der Waals surface area contributed by atoms with Crippen LogP contribution < -0.4 is 5.73 Å². The minimum Gasteiger partial charge on any atom is -0.463 e. The lowest BCUT2D eigenvalue weighted by Crippen LogP contribution is -2.33. The Kier molecular flexibility index (Phi) is 4.57. The summed E-state index contributed by atoms with van der Waals surface area (Å²) in [5.74, 6) is -1.80. The van der Waals surface area contributed by atoms with Crippen molar-refractivity contribution in [3.05, 3.63) is 15.7 Å². The molecule has 24 heavy (non-hydrogen) atoms. The number of imidazole rings is 1. The van der Waals surface area contributed by atoms with Gasteiger partial charge in [0.1, 0.15) is 28.6 Å². The van der Waals surface area contributed by atoms with Gasteiger partial charge in [-0.1, -0.05) is 0 Å². The Bertz CT molecular complexity index is 675. The minimum atomic E-state index is -0.787. The van der Waals surface area contributed by atoms with Crippen molar-refractivity contribution in [2.75, 3.05) is 6.61 Å². The predicted octanol–water partition coefficient (Wildman–Crippen LogP) is 0.567. The molecular weight excluding hydrogens is 433 g/mol. The molecule has 0 saturated carbocycles. The lowest BCUT2D eigenvalue weighted by atomic mass is 10.1. The summed E-state index contributed by atoms with van der Waals surface area (Å²) in [5.41, 5.74) is 5.48. The fourth-order valence-corrected chi connectivity index (χ4v) is 3.71. The van der Waals surface area contributed by atoms with E-state index in [1.54, 1.807) is 18.4 Å². The van der Waals surface area contributed by atoms with Gasteiger partial charge in [0.25, 0.3) is 5.91 Å². The van der Waals surface area contributed by atoms with Crippen molar-refractivity contribution in [1.29, 1.82) is 0 Å². The summed E-state index contributed by atoms with van der Waals surface area (Å²) in [5, 5.41) is 0. The molecule has 0 unspecified atom stereocenters. The number of esters is 1. The molecule has 2 aliphatic heterocycles. The van der Waals surface area contributed by atoms with E-state index < -0.39 is 42.2 Å². The van der Waals surface area contributed by atoms with Crippen molar-refractivity contribution in [2.45, 2.75) is 51.1 Å². The number of carbonyl (C=O) groups excluding carboxylic acids is 2. The van der Waals surface area contributed by atoms with Crippen LogP contribution in [0.2, 0.25) is 0 Å². The van der Waals surface area contributed by atoms with E-state index in [4.69, 9.17) is 24.7 Å². The molecule has 0 aromatic carbocycles. The highest BCUT2D eigenvalue weighted by Crippen LogP contribution is 2.43. The molecule has 1 aromatic heterocycles. The number of halogens is 1. The molecule has 2 saturated heterocycles. The van der Waals surface area contributed by atoms with Crippen molar-refractivity contribution in [1.82, 2.24) is 9.55 Å². The first kappa shape index (κ1) is 17.6. The number of carbonyl (C=O) groups is 2. The van der Waals surface area contributed by atoms with Crippen molar-refractivity contribution in [3.8, 4) is 0 Å². The van der Waals surface area contributed by atoms with E-state index in [1.807, 2.05) is 22.6 Å². The molecule has 132 valence electrons. The first-order valence-electron chi connectivity index (χ1n) is 7.36. The van der Waals surface area contributed by atoms with Gasteiger partial charge in [-0.25, -0.2) is 4.98 Å². The number of hydrogen-bond acceptors (Lipinski definition) is 7. The molecule has 10 heteroatoms. The van der Waals surface area contributed by atoms with Gasteiger partial charge in [0.2, 0.25) is 0 Å². The van der Waals surface area contributed by atoms with E-state index in [2.05, 4.69) is 4.98 Å². The number of ether oxygens (including phenoxy) is 4. The summed E-state index contributed by atoms with van der Waals surface area (Å²) in [6.07, 6.45) is -0.402. The highest BCUT2D eigenvalue weighted by molar-refractivity contribution is 14.1. The van der Waals surface area contributed by atoms with Crippen molar-refractivity contribution < 1.29 is 28.5 Å². The second kappa shape index (κ2) is 6.24. The molecule has 2 N–H and O–H groups in total. The number of nitrogens with zero attached hydrogens (tertiary/aromatic N) is 2. The van der Waals surface area contributed by atoms with Gasteiger partial charge in [-0.2, -0.15) is 0 Å². The quantitative estimate of drug-likeness (QED) is 0.526. The molecule has 0 spiro atoms. The van der Waals surface area contributed by atoms with E-state index in [1.165, 1.54) is 13.3 Å². The van der Waals surface area contributed by atoms with Gasteiger partial charge >= 0.3 is 5.97 Å². The zero-order chi connectivity index (χ0) is 17.6. The summed E-state index contributed by atoms with van der Waals surface area (Å²) < 4.78 is 25.1. The van der Waals surface area contributed by atoms with E-state index in [0.29, 0.717) is 3.70 Å². The third-order valence-corrected chi connectivity index (χ3v) is 4.89. The van der Waals surface area contributed by atoms with E-state index in [-0.39, 0.29) is 12.3 Å². The van der Waals surface area contributed by atoms with Crippen molar-refractivity contribution in [2.24, 2.45) is 5.73 Å². The topological polar surface area (TPSA) is 115 Å². The van der Waals surface area contributed by atoms with Crippen LogP contribution in [-0.2, 0) is 23.7 Å². The number of aromatic nitrogens is 2. The van der Waals surface area contributed by atoms with E-state index in [0.717, 1.165) is 0 Å². The Balaban J connectivity index is 1.88. The molecule has 1 aromatic rings. The third-order valence-electron chi connectivity index (χ3n) is 3.82. The largest absolute Gasteiger partial charge is 0.463 e. The highest BCUT2D eigenvalue weighted by Gasteiger charge is 2.56. The van der Waals surface area contributed by atoms with Crippen LogP contribution in [0.1, 0.15) is 37.5 Å². The number of primary amides is 1. The molecule has 3 heterocycles. The van der Waals surface area contributed by atoms with E-state index in [9.17, 15) is 9.59 Å². The Morgan fingerprint density at radius 2 is 2.08 bits per heavy atom. The highest BCUT2D eigenvalue weighted by atomic mass is 127. The summed E-state index contributed by atoms with van der Waals surface area (Å²) in [6, 6.07) is 0. The van der Waals surface area contributed by atoms with Crippen LogP contribution in [0.5, 0.6) is 0 Å². The number of fused-ring (bicyclic) bond motifs is 1. The maximum Gasteiger partial charge on any atom is 0.302 e. The van der Waals surface area contributed by atoms with Gasteiger partial charge in [0.05, 0.1) is 6.33 Å². The molecule has 0 bridgehead atoms. The van der Waals surface area contributed by atoms with Crippen LogP contribution in [0.4, 0.5) is 0 Å². The van der Waals surface area contributed by atoms with Crippen LogP contribution in [0.25, 0.3) is 0 Å². The van der Waals surface area contributed by atoms with Crippen LogP contribution in [-0.4, -0.2) is 52.1 Å². The molecule has 0 radical (unpaired) electrons. The Morgan fingerprint density at radius 1 is 1.42 bits per heavy atom. The summed E-state index contributed by atoms with van der Waals surface area (Å²) in [7, 11) is 0. The molecule has 4 atom stereocenters. The average Bonchev–Trinajstić information content (AvgIpc) is 3.07. The fourth-order valence-electron chi connectivity index (χ4n) is 2.91. The maximum absolute atomic E-state index is 11.4. The summed E-state index contributed by atoms with van der Waals surface area (Å²) in [6.45, 7) is 5.00. The Morgan fingerprint density at radius 3 is 2.67 bits per heavy atom. The Labute approximate surface area is 151 Å². The lowest BCUT2D eigenvalue weighted by Gasteiger charge is -2.24. The lowest BCUT2D eigenvalue weighted by molar-refractivity contribution is -0.202. The maximum atomic E-state index is 11.4. The van der Waals surface area contributed by atoms with Crippen molar-refractivity contribution in [3.63, 3.8) is 0 Å². The SMILES string of the molecule is CC(=O)OC[C@H]1O[C@@H](n2cnc(C(N)=O)c2I)[C@@H]2OC(C)(C)O[C@@H]21. The van der Waals surface area contributed by atoms with Gasteiger partial charge < -0.3 is 24.7 Å². The molecule has 2 aliphatic rings. The second-order valence-corrected chi connectivity index (χ2v) is 7.11. The van der Waals surface area contributed by atoms with Gasteiger partial charge in [-0.05, 0) is 36.4 Å². The second-order valence-electron chi connectivity index (χ2n) is 6.09. The van der Waals surface area contributed by atoms with Gasteiger partial charge in [0.15, 0.2) is 17.7 Å². The third kappa shape index (κ3) is 3.15. The zero-order valence-electron chi connectivity index (χ0n) is 13.4. The Hall–Kier alpha value is -1.24. The number of amides is 1. The first-order valence-corrected chi connectivity index (χ1v) is 8.44. The summed E-state index contributed by atoms with van der Waals surface area (Å²) in [4.78, 5) is 26.5. The van der Waals surface area contributed by atoms with Crippen molar-refractivity contribution >= 4 is 34.5 Å². The minimum absolute atomic E-state index is 0.0559. The molecule has 2 fully saturated rings. The van der Waals surface area contributed by atoms with Crippen LogP contribution >= 0.6 is 22.6 Å². The average molecular weight is 451 g/mol. The molecule has 1 amide bonds. The van der Waals surface area contributed by atoms with Gasteiger partial charge in [-0.3, -0.25) is 14.2 Å². The fraction of sp³-hybridized carbons (Fsp3) is 0.643. The van der Waals surface area contributed by atoms with Crippen LogP contribution in [0, 0.1) is 3.70 Å². The van der Waals surface area contributed by atoms with E-state index >= 15 is 0 Å². The van der Waals surface area contributed by atoms with Crippen LogP contribution in [0.15, 0.2) is 6.33 Å².